The number of nitrogens with one attached hydrogen (secondary N) is 2. The van der Waals surface area contributed by atoms with Crippen LogP contribution in [0.4, 0.5) is 0 Å². The predicted octanol–water partition coefficient (Wildman–Crippen LogP) is 2.60. The van der Waals surface area contributed by atoms with Crippen LogP contribution in [0.3, 0.4) is 0 Å². The number of carbonyl (C=O) groups is 1. The average molecular weight is 252 g/mol. The highest BCUT2D eigenvalue weighted by molar-refractivity contribution is 5.82. The summed E-state index contributed by atoms with van der Waals surface area (Å²) in [4.78, 5) is 12.3. The van der Waals surface area contributed by atoms with Crippen molar-refractivity contribution < 1.29 is 4.79 Å². The van der Waals surface area contributed by atoms with E-state index in [1.54, 1.807) is 0 Å². The average Bonchev–Trinajstić information content (AvgIpc) is 2.81. The SMILES string of the molecule is C[C@@H](NC(=O)C1CCCCCCN1)C1CCCC1. The first-order valence-electron chi connectivity index (χ1n) is 7.81. The molecule has 0 aromatic rings. The lowest BCUT2D eigenvalue weighted by atomic mass is 9.98. The summed E-state index contributed by atoms with van der Waals surface area (Å²) in [5, 5.41) is 6.64. The Balaban J connectivity index is 1.77. The van der Waals surface area contributed by atoms with Crippen molar-refractivity contribution in [3.05, 3.63) is 0 Å². The zero-order valence-corrected chi connectivity index (χ0v) is 11.7. The Morgan fingerprint density at radius 3 is 2.50 bits per heavy atom. The fourth-order valence-electron chi connectivity index (χ4n) is 3.33. The highest BCUT2D eigenvalue weighted by Gasteiger charge is 2.25. The number of rotatable bonds is 3. The molecule has 2 fully saturated rings. The van der Waals surface area contributed by atoms with E-state index in [0.29, 0.717) is 12.0 Å². The van der Waals surface area contributed by atoms with E-state index >= 15 is 0 Å². The normalized spacial score (nSPS) is 28.4. The van der Waals surface area contributed by atoms with Gasteiger partial charge in [0.15, 0.2) is 0 Å². The quantitative estimate of drug-likeness (QED) is 0.810. The van der Waals surface area contributed by atoms with Gasteiger partial charge in [-0.2, -0.15) is 0 Å². The second-order valence-electron chi connectivity index (χ2n) is 6.05. The molecular formula is C15H28N2O. The van der Waals surface area contributed by atoms with E-state index < -0.39 is 0 Å². The van der Waals surface area contributed by atoms with E-state index in [9.17, 15) is 4.79 Å². The smallest absolute Gasteiger partial charge is 0.237 e. The summed E-state index contributed by atoms with van der Waals surface area (Å²) >= 11 is 0. The molecule has 0 radical (unpaired) electrons. The van der Waals surface area contributed by atoms with Crippen LogP contribution in [0.1, 0.15) is 64.7 Å². The van der Waals surface area contributed by atoms with Crippen LogP contribution in [0, 0.1) is 5.92 Å². The minimum Gasteiger partial charge on any atom is -0.352 e. The highest BCUT2D eigenvalue weighted by Crippen LogP contribution is 2.27. The lowest BCUT2D eigenvalue weighted by Crippen LogP contribution is -2.49. The Kier molecular flexibility index (Phi) is 5.48. The van der Waals surface area contributed by atoms with Gasteiger partial charge in [-0.3, -0.25) is 4.79 Å². The summed E-state index contributed by atoms with van der Waals surface area (Å²) < 4.78 is 0. The van der Waals surface area contributed by atoms with E-state index in [0.717, 1.165) is 13.0 Å². The van der Waals surface area contributed by atoms with E-state index in [1.807, 2.05) is 0 Å². The van der Waals surface area contributed by atoms with Crippen molar-refractivity contribution in [3.63, 3.8) is 0 Å². The summed E-state index contributed by atoms with van der Waals surface area (Å²) in [7, 11) is 0. The Bertz CT molecular complexity index is 253. The minimum absolute atomic E-state index is 0.0501. The lowest BCUT2D eigenvalue weighted by molar-refractivity contribution is -0.124. The number of carbonyl (C=O) groups excluding carboxylic acids is 1. The van der Waals surface area contributed by atoms with Crippen LogP contribution < -0.4 is 10.6 Å². The van der Waals surface area contributed by atoms with Gasteiger partial charge >= 0.3 is 0 Å². The standard InChI is InChI=1S/C15H28N2O/c1-12(13-8-5-6-9-13)17-15(18)14-10-4-2-3-7-11-16-14/h12-14,16H,2-11H2,1H3,(H,17,18)/t12-,14?/m1/s1. The van der Waals surface area contributed by atoms with Crippen LogP contribution in [0.5, 0.6) is 0 Å². The molecule has 1 amide bonds. The first-order valence-corrected chi connectivity index (χ1v) is 7.81. The lowest BCUT2D eigenvalue weighted by Gasteiger charge is -2.25. The van der Waals surface area contributed by atoms with Crippen LogP contribution >= 0.6 is 0 Å². The maximum atomic E-state index is 12.3. The van der Waals surface area contributed by atoms with Gasteiger partial charge in [-0.05, 0) is 45.1 Å². The Morgan fingerprint density at radius 2 is 1.72 bits per heavy atom. The van der Waals surface area contributed by atoms with Crippen LogP contribution in [0.2, 0.25) is 0 Å². The maximum absolute atomic E-state index is 12.3. The highest BCUT2D eigenvalue weighted by atomic mass is 16.2. The van der Waals surface area contributed by atoms with Crippen LogP contribution in [-0.4, -0.2) is 24.5 Å². The summed E-state index contributed by atoms with van der Waals surface area (Å²) in [6.45, 7) is 3.17. The molecule has 3 nitrogen and oxygen atoms in total. The van der Waals surface area contributed by atoms with Gasteiger partial charge < -0.3 is 10.6 Å². The predicted molar refractivity (Wildman–Crippen MR) is 74.4 cm³/mol. The van der Waals surface area contributed by atoms with Crippen LogP contribution in [0.15, 0.2) is 0 Å². The third-order valence-corrected chi connectivity index (χ3v) is 4.60. The third kappa shape index (κ3) is 3.98. The number of hydrogen-bond donors (Lipinski definition) is 2. The summed E-state index contributed by atoms with van der Waals surface area (Å²) in [6, 6.07) is 0.404. The molecule has 3 heteroatoms. The molecule has 0 spiro atoms. The zero-order valence-electron chi connectivity index (χ0n) is 11.7. The molecule has 1 aliphatic heterocycles. The maximum Gasteiger partial charge on any atom is 0.237 e. The van der Waals surface area contributed by atoms with Gasteiger partial charge in [0, 0.05) is 6.04 Å². The third-order valence-electron chi connectivity index (χ3n) is 4.60. The molecule has 2 rings (SSSR count). The van der Waals surface area contributed by atoms with Gasteiger partial charge in [0.1, 0.15) is 0 Å². The number of hydrogen-bond acceptors (Lipinski definition) is 2. The van der Waals surface area contributed by atoms with Crippen molar-refractivity contribution >= 4 is 5.91 Å². The molecule has 0 aromatic heterocycles. The van der Waals surface area contributed by atoms with Crippen LogP contribution in [-0.2, 0) is 4.79 Å². The number of amides is 1. The summed E-state index contributed by atoms with van der Waals surface area (Å²) in [5.41, 5.74) is 0. The molecule has 18 heavy (non-hydrogen) atoms. The largest absolute Gasteiger partial charge is 0.352 e. The monoisotopic (exact) mass is 252 g/mol. The molecule has 1 unspecified atom stereocenters. The van der Waals surface area contributed by atoms with Crippen molar-refractivity contribution in [1.29, 1.82) is 0 Å². The second-order valence-corrected chi connectivity index (χ2v) is 6.05. The Labute approximate surface area is 111 Å². The van der Waals surface area contributed by atoms with Crippen molar-refractivity contribution in [2.75, 3.05) is 6.54 Å². The van der Waals surface area contributed by atoms with Crippen LogP contribution in [0.25, 0.3) is 0 Å². The first kappa shape index (κ1) is 13.9. The summed E-state index contributed by atoms with van der Waals surface area (Å²) in [5.74, 6) is 0.943. The fraction of sp³-hybridized carbons (Fsp3) is 0.933. The molecule has 0 aromatic carbocycles. The molecule has 104 valence electrons. The molecule has 2 aliphatic rings. The van der Waals surface area contributed by atoms with Crippen molar-refractivity contribution in [2.24, 2.45) is 5.92 Å². The van der Waals surface area contributed by atoms with Gasteiger partial charge in [0.25, 0.3) is 0 Å². The topological polar surface area (TPSA) is 41.1 Å². The summed E-state index contributed by atoms with van der Waals surface area (Å²) in [6.07, 6.45) is 11.2. The molecule has 2 N–H and O–H groups in total. The van der Waals surface area contributed by atoms with E-state index in [4.69, 9.17) is 0 Å². The molecule has 1 heterocycles. The van der Waals surface area contributed by atoms with Gasteiger partial charge in [0.2, 0.25) is 5.91 Å². The van der Waals surface area contributed by atoms with Crippen molar-refractivity contribution in [2.45, 2.75) is 76.8 Å². The van der Waals surface area contributed by atoms with E-state index in [-0.39, 0.29) is 11.9 Å². The molecule has 1 aliphatic carbocycles. The van der Waals surface area contributed by atoms with E-state index in [2.05, 4.69) is 17.6 Å². The Hall–Kier alpha value is -0.570. The Morgan fingerprint density at radius 1 is 1.06 bits per heavy atom. The van der Waals surface area contributed by atoms with Gasteiger partial charge in [-0.1, -0.05) is 32.1 Å². The van der Waals surface area contributed by atoms with Gasteiger partial charge in [-0.25, -0.2) is 0 Å². The van der Waals surface area contributed by atoms with Crippen molar-refractivity contribution in [1.82, 2.24) is 10.6 Å². The fourth-order valence-corrected chi connectivity index (χ4v) is 3.33. The van der Waals surface area contributed by atoms with E-state index in [1.165, 1.54) is 51.4 Å². The molecule has 1 saturated carbocycles. The minimum atomic E-state index is 0.0501. The van der Waals surface area contributed by atoms with Gasteiger partial charge in [0.05, 0.1) is 6.04 Å². The molecular weight excluding hydrogens is 224 g/mol. The second kappa shape index (κ2) is 7.13. The molecule has 0 bridgehead atoms. The molecule has 1 saturated heterocycles. The first-order chi connectivity index (χ1) is 8.77. The zero-order chi connectivity index (χ0) is 12.8. The van der Waals surface area contributed by atoms with Gasteiger partial charge in [-0.15, -0.1) is 0 Å². The molecule has 2 atom stereocenters. The van der Waals surface area contributed by atoms with Crippen molar-refractivity contribution in [3.8, 4) is 0 Å².